The standard InChI is InChI=1S/C19H33N5O6S/c1-12(25)21-15(8-9-31(2,29)30)18(27)24-11-14(10-16(24)17(20)26)23-19(28)22-13-6-4-3-5-7-13/h13-16H,3-11H2,1-2H3,(H2,20,26)(H,21,25)(H2,22,23,28). The summed E-state index contributed by atoms with van der Waals surface area (Å²) in [7, 11) is -3.36. The zero-order valence-corrected chi connectivity index (χ0v) is 18.9. The largest absolute Gasteiger partial charge is 0.368 e. The lowest BCUT2D eigenvalue weighted by Crippen LogP contribution is -2.53. The Kier molecular flexibility index (Phi) is 8.66. The van der Waals surface area contributed by atoms with Gasteiger partial charge in [-0.05, 0) is 25.7 Å². The van der Waals surface area contributed by atoms with Crippen LogP contribution in [0.3, 0.4) is 0 Å². The molecule has 1 aliphatic carbocycles. The third-order valence-corrected chi connectivity index (χ3v) is 6.62. The lowest BCUT2D eigenvalue weighted by Gasteiger charge is -2.27. The number of nitrogens with zero attached hydrogens (tertiary/aromatic N) is 1. The number of hydrogen-bond donors (Lipinski definition) is 4. The van der Waals surface area contributed by atoms with E-state index in [1.165, 1.54) is 11.8 Å². The maximum Gasteiger partial charge on any atom is 0.315 e. The Bertz CT molecular complexity index is 796. The molecule has 5 amide bonds. The summed E-state index contributed by atoms with van der Waals surface area (Å²) >= 11 is 0. The van der Waals surface area contributed by atoms with Crippen molar-refractivity contribution in [2.75, 3.05) is 18.6 Å². The number of urea groups is 1. The Morgan fingerprint density at radius 2 is 1.68 bits per heavy atom. The monoisotopic (exact) mass is 459 g/mol. The van der Waals surface area contributed by atoms with E-state index < -0.39 is 45.7 Å². The SMILES string of the molecule is CC(=O)NC(CCS(C)(=O)=O)C(=O)N1CC(NC(=O)NC2CCCCC2)CC1C(N)=O. The minimum Gasteiger partial charge on any atom is -0.368 e. The Morgan fingerprint density at radius 1 is 1.06 bits per heavy atom. The molecular formula is C19H33N5O6S. The predicted molar refractivity (Wildman–Crippen MR) is 114 cm³/mol. The van der Waals surface area contributed by atoms with Crippen molar-refractivity contribution in [2.45, 2.75) is 76.0 Å². The van der Waals surface area contributed by atoms with Crippen LogP contribution in [0, 0.1) is 0 Å². The fraction of sp³-hybridized carbons (Fsp3) is 0.789. The van der Waals surface area contributed by atoms with Crippen LogP contribution in [0.5, 0.6) is 0 Å². The van der Waals surface area contributed by atoms with E-state index in [0.29, 0.717) is 0 Å². The first kappa shape index (κ1) is 24.9. The van der Waals surface area contributed by atoms with Gasteiger partial charge in [-0.15, -0.1) is 0 Å². The predicted octanol–water partition coefficient (Wildman–Crippen LogP) is -0.987. The van der Waals surface area contributed by atoms with Gasteiger partial charge < -0.3 is 26.6 Å². The highest BCUT2D eigenvalue weighted by Crippen LogP contribution is 2.21. The molecule has 0 aromatic rings. The second-order valence-corrected chi connectivity index (χ2v) is 10.7. The smallest absolute Gasteiger partial charge is 0.315 e. The third kappa shape index (κ3) is 8.00. The van der Waals surface area contributed by atoms with Gasteiger partial charge in [-0.1, -0.05) is 19.3 Å². The second kappa shape index (κ2) is 10.8. The first-order valence-electron chi connectivity index (χ1n) is 10.6. The topological polar surface area (TPSA) is 168 Å². The van der Waals surface area contributed by atoms with Crippen molar-refractivity contribution in [3.05, 3.63) is 0 Å². The molecule has 0 spiro atoms. The maximum absolute atomic E-state index is 13.0. The van der Waals surface area contributed by atoms with E-state index >= 15 is 0 Å². The summed E-state index contributed by atoms with van der Waals surface area (Å²) < 4.78 is 23.0. The highest BCUT2D eigenvalue weighted by atomic mass is 32.2. The van der Waals surface area contributed by atoms with E-state index in [1.54, 1.807) is 0 Å². The van der Waals surface area contributed by atoms with Crippen LogP contribution in [0.4, 0.5) is 4.79 Å². The van der Waals surface area contributed by atoms with Gasteiger partial charge in [-0.25, -0.2) is 13.2 Å². The van der Waals surface area contributed by atoms with Crippen LogP contribution in [0.2, 0.25) is 0 Å². The molecule has 2 fully saturated rings. The fourth-order valence-corrected chi connectivity index (χ4v) is 4.81. The van der Waals surface area contributed by atoms with Crippen LogP contribution in [0.25, 0.3) is 0 Å². The summed E-state index contributed by atoms with van der Waals surface area (Å²) in [6.07, 6.45) is 6.20. The molecule has 3 unspecified atom stereocenters. The third-order valence-electron chi connectivity index (χ3n) is 5.64. The van der Waals surface area contributed by atoms with E-state index in [2.05, 4.69) is 16.0 Å². The zero-order chi connectivity index (χ0) is 23.2. The molecule has 3 atom stereocenters. The molecule has 0 aromatic carbocycles. The van der Waals surface area contributed by atoms with Crippen molar-refractivity contribution in [3.63, 3.8) is 0 Å². The van der Waals surface area contributed by atoms with E-state index in [0.717, 1.165) is 38.4 Å². The van der Waals surface area contributed by atoms with E-state index in [9.17, 15) is 27.6 Å². The Labute approximate surface area is 182 Å². The van der Waals surface area contributed by atoms with Gasteiger partial charge in [-0.2, -0.15) is 0 Å². The van der Waals surface area contributed by atoms with Crippen molar-refractivity contribution in [3.8, 4) is 0 Å². The molecule has 176 valence electrons. The highest BCUT2D eigenvalue weighted by Gasteiger charge is 2.41. The molecule has 12 heteroatoms. The van der Waals surface area contributed by atoms with Gasteiger partial charge >= 0.3 is 6.03 Å². The molecule has 2 aliphatic rings. The van der Waals surface area contributed by atoms with E-state index in [1.807, 2.05) is 0 Å². The van der Waals surface area contributed by atoms with Crippen molar-refractivity contribution < 1.29 is 27.6 Å². The van der Waals surface area contributed by atoms with Crippen LogP contribution in [0.1, 0.15) is 51.9 Å². The lowest BCUT2D eigenvalue weighted by atomic mass is 9.96. The van der Waals surface area contributed by atoms with Gasteiger partial charge in [0.1, 0.15) is 21.9 Å². The van der Waals surface area contributed by atoms with Gasteiger partial charge in [0.25, 0.3) is 0 Å². The summed E-state index contributed by atoms with van der Waals surface area (Å²) in [4.78, 5) is 50.1. The van der Waals surface area contributed by atoms with Crippen LogP contribution in [-0.2, 0) is 24.2 Å². The average Bonchev–Trinajstić information content (AvgIpc) is 3.08. The maximum atomic E-state index is 13.0. The molecule has 1 saturated carbocycles. The van der Waals surface area contributed by atoms with Gasteiger partial charge in [-0.3, -0.25) is 14.4 Å². The molecule has 31 heavy (non-hydrogen) atoms. The number of likely N-dealkylation sites (tertiary alicyclic amines) is 1. The van der Waals surface area contributed by atoms with E-state index in [-0.39, 0.29) is 37.2 Å². The first-order valence-corrected chi connectivity index (χ1v) is 12.6. The molecule has 5 N–H and O–H groups in total. The molecule has 11 nitrogen and oxygen atoms in total. The Balaban J connectivity index is 2.04. The summed E-state index contributed by atoms with van der Waals surface area (Å²) in [6.45, 7) is 1.26. The van der Waals surface area contributed by atoms with Crippen LogP contribution in [0.15, 0.2) is 0 Å². The minimum atomic E-state index is -3.36. The zero-order valence-electron chi connectivity index (χ0n) is 18.1. The molecule has 1 aliphatic heterocycles. The van der Waals surface area contributed by atoms with Crippen LogP contribution in [-0.4, -0.2) is 79.8 Å². The van der Waals surface area contributed by atoms with Gasteiger partial charge in [0.15, 0.2) is 0 Å². The van der Waals surface area contributed by atoms with Crippen LogP contribution >= 0.6 is 0 Å². The Morgan fingerprint density at radius 3 is 2.23 bits per heavy atom. The summed E-state index contributed by atoms with van der Waals surface area (Å²) in [5, 5.41) is 8.18. The number of primary amides is 1. The van der Waals surface area contributed by atoms with Crippen molar-refractivity contribution in [1.29, 1.82) is 0 Å². The molecule has 1 heterocycles. The molecule has 1 saturated heterocycles. The first-order chi connectivity index (χ1) is 14.5. The average molecular weight is 460 g/mol. The van der Waals surface area contributed by atoms with Crippen molar-refractivity contribution in [2.24, 2.45) is 5.73 Å². The minimum absolute atomic E-state index is 0.0412. The molecule has 0 aromatic heterocycles. The lowest BCUT2D eigenvalue weighted by molar-refractivity contribution is -0.140. The number of sulfone groups is 1. The number of hydrogen-bond acceptors (Lipinski definition) is 6. The molecule has 0 radical (unpaired) electrons. The number of rotatable bonds is 8. The van der Waals surface area contributed by atoms with E-state index in [4.69, 9.17) is 5.73 Å². The summed E-state index contributed by atoms with van der Waals surface area (Å²) in [5.41, 5.74) is 5.47. The molecule has 2 rings (SSSR count). The molecular weight excluding hydrogens is 426 g/mol. The number of carbonyl (C=O) groups is 4. The van der Waals surface area contributed by atoms with Crippen molar-refractivity contribution >= 4 is 33.6 Å². The summed E-state index contributed by atoms with van der Waals surface area (Å²) in [6, 6.07) is -2.80. The normalized spacial score (nSPS) is 23.1. The number of nitrogens with two attached hydrogens (primary N) is 1. The number of carbonyl (C=O) groups excluding carboxylic acids is 4. The Hall–Kier alpha value is -2.37. The van der Waals surface area contributed by atoms with Crippen LogP contribution < -0.4 is 21.7 Å². The highest BCUT2D eigenvalue weighted by molar-refractivity contribution is 7.90. The van der Waals surface area contributed by atoms with Gasteiger partial charge in [0.2, 0.25) is 17.7 Å². The van der Waals surface area contributed by atoms with Gasteiger partial charge in [0, 0.05) is 25.8 Å². The summed E-state index contributed by atoms with van der Waals surface area (Å²) in [5.74, 6) is -2.12. The number of nitrogens with one attached hydrogen (secondary N) is 3. The number of amides is 5. The second-order valence-electron chi connectivity index (χ2n) is 8.47. The van der Waals surface area contributed by atoms with Gasteiger partial charge in [0.05, 0.1) is 11.8 Å². The molecule has 0 bridgehead atoms. The quantitative estimate of drug-likeness (QED) is 0.363. The fourth-order valence-electron chi connectivity index (χ4n) is 4.15. The van der Waals surface area contributed by atoms with Crippen molar-refractivity contribution in [1.82, 2.24) is 20.9 Å².